The minimum absolute atomic E-state index is 0.162. The molecule has 26 heavy (non-hydrogen) atoms. The van der Waals surface area contributed by atoms with Gasteiger partial charge in [0.1, 0.15) is 6.54 Å². The molecule has 1 aliphatic heterocycles. The average molecular weight is 352 g/mol. The van der Waals surface area contributed by atoms with Crippen molar-refractivity contribution in [3.05, 3.63) is 47.5 Å². The Morgan fingerprint density at radius 2 is 1.69 bits per heavy atom. The molecule has 5 heteroatoms. The minimum Gasteiger partial charge on any atom is -0.354 e. The minimum atomic E-state index is -0.272. The molecule has 1 heterocycles. The quantitative estimate of drug-likeness (QED) is 0.651. The summed E-state index contributed by atoms with van der Waals surface area (Å²) in [5, 5.41) is 2.87. The Morgan fingerprint density at radius 1 is 1.12 bits per heavy atom. The topological polar surface area (TPSA) is 66.5 Å². The standard InChI is InChI=1S/C21H24N2O3/c1-12-3-5-14(6-4-12)13(2)10-22-17(24)11-23-20(25)18-15-7-8-16(9-15)19(18)21(23)26/h3-8,13,15-16,18-19H,9-11H2,1-2H3,(H,22,24)/t13-,15-,16-,18-,19+/m0/s1. The van der Waals surface area contributed by atoms with E-state index >= 15 is 0 Å². The van der Waals surface area contributed by atoms with Crippen LogP contribution in [0.15, 0.2) is 36.4 Å². The van der Waals surface area contributed by atoms with Gasteiger partial charge in [-0.1, -0.05) is 48.9 Å². The summed E-state index contributed by atoms with van der Waals surface area (Å²) in [5.41, 5.74) is 2.35. The van der Waals surface area contributed by atoms with Crippen molar-refractivity contribution >= 4 is 17.7 Å². The molecule has 2 aliphatic carbocycles. The van der Waals surface area contributed by atoms with Crippen LogP contribution in [0.25, 0.3) is 0 Å². The number of aryl methyl sites for hydroxylation is 1. The summed E-state index contributed by atoms with van der Waals surface area (Å²) < 4.78 is 0. The smallest absolute Gasteiger partial charge is 0.240 e. The molecule has 5 nitrogen and oxygen atoms in total. The summed E-state index contributed by atoms with van der Waals surface area (Å²) in [6, 6.07) is 8.22. The number of rotatable bonds is 5. The molecule has 1 N–H and O–H groups in total. The highest BCUT2D eigenvalue weighted by atomic mass is 16.2. The lowest BCUT2D eigenvalue weighted by Gasteiger charge is -2.18. The van der Waals surface area contributed by atoms with E-state index in [1.165, 1.54) is 10.5 Å². The molecule has 1 aromatic carbocycles. The third-order valence-corrected chi connectivity index (χ3v) is 6.12. The lowest BCUT2D eigenvalue weighted by molar-refractivity contribution is -0.144. The monoisotopic (exact) mass is 352 g/mol. The van der Waals surface area contributed by atoms with Crippen LogP contribution in [0.2, 0.25) is 0 Å². The van der Waals surface area contributed by atoms with Crippen LogP contribution in [0.5, 0.6) is 0 Å². The van der Waals surface area contributed by atoms with Crippen LogP contribution in [-0.2, 0) is 14.4 Å². The molecule has 136 valence electrons. The molecule has 0 radical (unpaired) electrons. The third-order valence-electron chi connectivity index (χ3n) is 6.12. The SMILES string of the molecule is Cc1ccc([C@@H](C)CNC(=O)CN2C(=O)[C@@H]3[C@H](C2=O)[C@H]2C=C[C@H]3C2)cc1. The highest BCUT2D eigenvalue weighted by Crippen LogP contribution is 2.52. The summed E-state index contributed by atoms with van der Waals surface area (Å²) in [6.45, 7) is 4.41. The van der Waals surface area contributed by atoms with Crippen molar-refractivity contribution in [2.45, 2.75) is 26.2 Å². The zero-order valence-electron chi connectivity index (χ0n) is 15.1. The Kier molecular flexibility index (Phi) is 4.17. The first-order valence-corrected chi connectivity index (χ1v) is 9.32. The van der Waals surface area contributed by atoms with E-state index in [0.717, 1.165) is 12.0 Å². The number of imide groups is 1. The van der Waals surface area contributed by atoms with Crippen molar-refractivity contribution in [1.29, 1.82) is 0 Å². The van der Waals surface area contributed by atoms with Crippen LogP contribution in [0.3, 0.4) is 0 Å². The maximum atomic E-state index is 12.6. The number of carbonyl (C=O) groups excluding carboxylic acids is 3. The Labute approximate surface area is 153 Å². The highest BCUT2D eigenvalue weighted by molar-refractivity contribution is 6.08. The van der Waals surface area contributed by atoms with E-state index in [1.807, 2.05) is 13.8 Å². The van der Waals surface area contributed by atoms with Gasteiger partial charge in [-0.2, -0.15) is 0 Å². The molecule has 3 amide bonds. The summed E-state index contributed by atoms with van der Waals surface area (Å²) in [4.78, 5) is 38.7. The summed E-state index contributed by atoms with van der Waals surface area (Å²) >= 11 is 0. The van der Waals surface area contributed by atoms with Crippen LogP contribution in [-0.4, -0.2) is 35.7 Å². The Balaban J connectivity index is 1.33. The van der Waals surface area contributed by atoms with Gasteiger partial charge in [0.25, 0.3) is 0 Å². The molecule has 1 saturated heterocycles. The highest BCUT2D eigenvalue weighted by Gasteiger charge is 2.59. The summed E-state index contributed by atoms with van der Waals surface area (Å²) in [5.74, 6) is -0.562. The van der Waals surface area contributed by atoms with E-state index in [-0.39, 0.29) is 53.9 Å². The number of fused-ring (bicyclic) bond motifs is 5. The zero-order valence-corrected chi connectivity index (χ0v) is 15.1. The van der Waals surface area contributed by atoms with Gasteiger partial charge < -0.3 is 5.32 Å². The van der Waals surface area contributed by atoms with Gasteiger partial charge in [0, 0.05) is 6.54 Å². The zero-order chi connectivity index (χ0) is 18.4. The Morgan fingerprint density at radius 3 is 2.27 bits per heavy atom. The molecule has 0 unspecified atom stereocenters. The van der Waals surface area contributed by atoms with E-state index in [9.17, 15) is 14.4 Å². The first-order valence-electron chi connectivity index (χ1n) is 9.32. The molecule has 4 rings (SSSR count). The molecular weight excluding hydrogens is 328 g/mol. The molecular formula is C21H24N2O3. The third kappa shape index (κ3) is 2.75. The van der Waals surface area contributed by atoms with Gasteiger partial charge in [0.15, 0.2) is 0 Å². The number of amides is 3. The number of likely N-dealkylation sites (tertiary alicyclic amines) is 1. The van der Waals surface area contributed by atoms with E-state index in [4.69, 9.17) is 0 Å². The molecule has 0 aromatic heterocycles. The molecule has 0 spiro atoms. The maximum absolute atomic E-state index is 12.6. The number of allylic oxidation sites excluding steroid dienone is 2. The average Bonchev–Trinajstić information content (AvgIpc) is 3.30. The van der Waals surface area contributed by atoms with E-state index in [1.54, 1.807) is 0 Å². The summed E-state index contributed by atoms with van der Waals surface area (Å²) in [7, 11) is 0. The first-order chi connectivity index (χ1) is 12.5. The fourth-order valence-electron chi connectivity index (χ4n) is 4.60. The number of carbonyl (C=O) groups is 3. The lowest BCUT2D eigenvalue weighted by atomic mass is 9.85. The number of nitrogens with one attached hydrogen (secondary N) is 1. The lowest BCUT2D eigenvalue weighted by Crippen LogP contribution is -2.42. The number of hydrogen-bond donors (Lipinski definition) is 1. The van der Waals surface area contributed by atoms with Gasteiger partial charge in [0.2, 0.25) is 17.7 Å². The van der Waals surface area contributed by atoms with Crippen molar-refractivity contribution in [3.8, 4) is 0 Å². The van der Waals surface area contributed by atoms with Crippen molar-refractivity contribution < 1.29 is 14.4 Å². The van der Waals surface area contributed by atoms with Crippen LogP contribution in [0.1, 0.15) is 30.4 Å². The predicted octanol–water partition coefficient (Wildman–Crippen LogP) is 2.02. The number of benzene rings is 1. The molecule has 1 saturated carbocycles. The van der Waals surface area contributed by atoms with E-state index < -0.39 is 0 Å². The van der Waals surface area contributed by atoms with Crippen molar-refractivity contribution in [2.75, 3.05) is 13.1 Å². The van der Waals surface area contributed by atoms with Crippen LogP contribution in [0.4, 0.5) is 0 Å². The fraction of sp³-hybridized carbons (Fsp3) is 0.476. The largest absolute Gasteiger partial charge is 0.354 e. The van der Waals surface area contributed by atoms with Crippen molar-refractivity contribution in [2.24, 2.45) is 23.7 Å². The number of nitrogens with zero attached hydrogens (tertiary/aromatic N) is 1. The Hall–Kier alpha value is -2.43. The first kappa shape index (κ1) is 17.0. The maximum Gasteiger partial charge on any atom is 0.240 e. The molecule has 1 aromatic rings. The molecule has 2 fully saturated rings. The second-order valence-corrected chi connectivity index (χ2v) is 7.88. The predicted molar refractivity (Wildman–Crippen MR) is 97.0 cm³/mol. The molecule has 5 atom stereocenters. The number of hydrogen-bond acceptors (Lipinski definition) is 3. The normalized spacial score (nSPS) is 30.0. The fourth-order valence-corrected chi connectivity index (χ4v) is 4.60. The van der Waals surface area contributed by atoms with Gasteiger partial charge >= 0.3 is 0 Å². The molecule has 3 aliphatic rings. The second kappa shape index (κ2) is 6.38. The Bertz CT molecular complexity index is 753. The van der Waals surface area contributed by atoms with Crippen LogP contribution >= 0.6 is 0 Å². The van der Waals surface area contributed by atoms with Crippen molar-refractivity contribution in [3.63, 3.8) is 0 Å². The van der Waals surface area contributed by atoms with Gasteiger partial charge in [-0.3, -0.25) is 19.3 Å². The van der Waals surface area contributed by atoms with Crippen LogP contribution in [0, 0.1) is 30.6 Å². The van der Waals surface area contributed by atoms with Gasteiger partial charge in [-0.15, -0.1) is 0 Å². The van der Waals surface area contributed by atoms with Gasteiger partial charge in [-0.05, 0) is 36.7 Å². The van der Waals surface area contributed by atoms with Crippen LogP contribution < -0.4 is 5.32 Å². The van der Waals surface area contributed by atoms with Crippen molar-refractivity contribution in [1.82, 2.24) is 10.2 Å². The van der Waals surface area contributed by atoms with Gasteiger partial charge in [-0.25, -0.2) is 0 Å². The van der Waals surface area contributed by atoms with E-state index in [0.29, 0.717) is 6.54 Å². The van der Waals surface area contributed by atoms with E-state index in [2.05, 4.69) is 41.7 Å². The summed E-state index contributed by atoms with van der Waals surface area (Å²) in [6.07, 6.45) is 5.02. The van der Waals surface area contributed by atoms with Gasteiger partial charge in [0.05, 0.1) is 11.8 Å². The second-order valence-electron chi connectivity index (χ2n) is 7.88. The molecule has 2 bridgehead atoms.